The quantitative estimate of drug-likeness (QED) is 0.836. The summed E-state index contributed by atoms with van der Waals surface area (Å²) in [4.78, 5) is 8.49. The third-order valence-electron chi connectivity index (χ3n) is 4.15. The van der Waals surface area contributed by atoms with Gasteiger partial charge < -0.3 is 10.4 Å². The summed E-state index contributed by atoms with van der Waals surface area (Å²) in [5.74, 6) is 0.751. The third-order valence-corrected chi connectivity index (χ3v) is 4.15. The Labute approximate surface area is 118 Å². The van der Waals surface area contributed by atoms with Gasteiger partial charge in [0.25, 0.3) is 0 Å². The lowest BCUT2D eigenvalue weighted by atomic mass is 9.94. The second-order valence-corrected chi connectivity index (χ2v) is 5.72. The van der Waals surface area contributed by atoms with Crippen molar-refractivity contribution in [1.82, 2.24) is 19.7 Å². The number of hydrogen-bond donors (Lipinski definition) is 2. The maximum Gasteiger partial charge on any atom is 0.163 e. The van der Waals surface area contributed by atoms with Crippen LogP contribution in [0.4, 0.5) is 5.82 Å². The Hall–Kier alpha value is -1.69. The smallest absolute Gasteiger partial charge is 0.163 e. The van der Waals surface area contributed by atoms with Gasteiger partial charge in [0.1, 0.15) is 12.1 Å². The molecule has 2 N–H and O–H groups in total. The van der Waals surface area contributed by atoms with E-state index in [0.717, 1.165) is 42.5 Å². The van der Waals surface area contributed by atoms with Crippen molar-refractivity contribution in [2.45, 2.75) is 44.1 Å². The largest absolute Gasteiger partial charge is 0.388 e. The van der Waals surface area contributed by atoms with Crippen molar-refractivity contribution in [2.24, 2.45) is 7.05 Å². The molecule has 0 amide bonds. The molecular weight excluding hydrogens is 254 g/mol. The van der Waals surface area contributed by atoms with E-state index in [1.807, 2.05) is 7.05 Å². The van der Waals surface area contributed by atoms with Gasteiger partial charge in [0.2, 0.25) is 0 Å². The lowest BCUT2D eigenvalue weighted by Crippen LogP contribution is -2.36. The van der Waals surface area contributed by atoms with Crippen LogP contribution in [0, 0.1) is 0 Å². The van der Waals surface area contributed by atoms with Gasteiger partial charge in [-0.1, -0.05) is 25.7 Å². The molecule has 20 heavy (non-hydrogen) atoms. The van der Waals surface area contributed by atoms with Crippen LogP contribution < -0.4 is 5.32 Å². The molecule has 108 valence electrons. The number of rotatable bonds is 3. The highest BCUT2D eigenvalue weighted by Gasteiger charge is 2.28. The van der Waals surface area contributed by atoms with Crippen LogP contribution in [0.15, 0.2) is 12.5 Å². The Morgan fingerprint density at radius 1 is 1.25 bits per heavy atom. The molecule has 6 nitrogen and oxygen atoms in total. The molecule has 1 aliphatic rings. The maximum atomic E-state index is 10.7. The molecule has 0 atom stereocenters. The highest BCUT2D eigenvalue weighted by atomic mass is 16.3. The molecule has 1 aliphatic carbocycles. The molecule has 0 radical (unpaired) electrons. The van der Waals surface area contributed by atoms with Gasteiger partial charge in [-0.3, -0.25) is 4.68 Å². The second kappa shape index (κ2) is 5.36. The fraction of sp³-hybridized carbons (Fsp3) is 0.643. The van der Waals surface area contributed by atoms with Crippen LogP contribution in [0.3, 0.4) is 0 Å². The van der Waals surface area contributed by atoms with Gasteiger partial charge in [-0.2, -0.15) is 5.10 Å². The first-order chi connectivity index (χ1) is 9.68. The highest BCUT2D eigenvalue weighted by Crippen LogP contribution is 2.28. The maximum absolute atomic E-state index is 10.7. The number of nitrogens with one attached hydrogen (secondary N) is 1. The van der Waals surface area contributed by atoms with E-state index in [9.17, 15) is 5.11 Å². The number of aromatic nitrogens is 4. The molecule has 6 heteroatoms. The minimum Gasteiger partial charge on any atom is -0.388 e. The van der Waals surface area contributed by atoms with Crippen molar-refractivity contribution in [1.29, 1.82) is 0 Å². The SMILES string of the molecule is Cn1ncc2c(NCC3(O)CCCCCC3)ncnc21. The van der Waals surface area contributed by atoms with E-state index in [0.29, 0.717) is 6.54 Å². The minimum atomic E-state index is -0.615. The van der Waals surface area contributed by atoms with Gasteiger partial charge in [-0.25, -0.2) is 9.97 Å². The summed E-state index contributed by atoms with van der Waals surface area (Å²) in [6.45, 7) is 0.536. The summed E-state index contributed by atoms with van der Waals surface area (Å²) in [5.41, 5.74) is 0.186. The zero-order valence-electron chi connectivity index (χ0n) is 11.8. The van der Waals surface area contributed by atoms with Crippen LogP contribution in [0.5, 0.6) is 0 Å². The first kappa shape index (κ1) is 13.3. The van der Waals surface area contributed by atoms with E-state index in [2.05, 4.69) is 20.4 Å². The van der Waals surface area contributed by atoms with E-state index in [4.69, 9.17) is 0 Å². The molecule has 0 aromatic carbocycles. The molecule has 0 bridgehead atoms. The van der Waals surface area contributed by atoms with E-state index in [-0.39, 0.29) is 0 Å². The van der Waals surface area contributed by atoms with Gasteiger partial charge >= 0.3 is 0 Å². The lowest BCUT2D eigenvalue weighted by molar-refractivity contribution is 0.0381. The van der Waals surface area contributed by atoms with Gasteiger partial charge in [0.15, 0.2) is 5.65 Å². The van der Waals surface area contributed by atoms with Crippen molar-refractivity contribution in [3.8, 4) is 0 Å². The van der Waals surface area contributed by atoms with E-state index >= 15 is 0 Å². The molecule has 3 rings (SSSR count). The van der Waals surface area contributed by atoms with Crippen LogP contribution in [0.2, 0.25) is 0 Å². The monoisotopic (exact) mass is 275 g/mol. The van der Waals surface area contributed by atoms with Gasteiger partial charge in [0.05, 0.1) is 17.2 Å². The van der Waals surface area contributed by atoms with Gasteiger partial charge in [-0.15, -0.1) is 0 Å². The van der Waals surface area contributed by atoms with Crippen LogP contribution in [0.25, 0.3) is 11.0 Å². The molecule has 0 aliphatic heterocycles. The number of hydrogen-bond acceptors (Lipinski definition) is 5. The van der Waals surface area contributed by atoms with E-state index < -0.39 is 5.60 Å². The summed E-state index contributed by atoms with van der Waals surface area (Å²) in [6.07, 6.45) is 9.67. The Balaban J connectivity index is 1.76. The zero-order valence-corrected chi connectivity index (χ0v) is 11.8. The Morgan fingerprint density at radius 2 is 2.00 bits per heavy atom. The summed E-state index contributed by atoms with van der Waals surface area (Å²) in [6, 6.07) is 0. The molecule has 1 fully saturated rings. The third kappa shape index (κ3) is 2.60. The van der Waals surface area contributed by atoms with Crippen molar-refractivity contribution < 1.29 is 5.11 Å². The average molecular weight is 275 g/mol. The normalized spacial score (nSPS) is 18.9. The second-order valence-electron chi connectivity index (χ2n) is 5.72. The topological polar surface area (TPSA) is 75.9 Å². The van der Waals surface area contributed by atoms with E-state index in [1.54, 1.807) is 10.9 Å². The summed E-state index contributed by atoms with van der Waals surface area (Å²) in [7, 11) is 1.86. The fourth-order valence-corrected chi connectivity index (χ4v) is 2.91. The predicted molar refractivity (Wildman–Crippen MR) is 77.4 cm³/mol. The number of aliphatic hydroxyl groups is 1. The Bertz CT molecular complexity index is 586. The van der Waals surface area contributed by atoms with Crippen molar-refractivity contribution in [2.75, 3.05) is 11.9 Å². The predicted octanol–water partition coefficient (Wildman–Crippen LogP) is 1.86. The minimum absolute atomic E-state index is 0.536. The standard InChI is InChI=1S/C14H21N5O/c1-19-13-11(8-18-19)12(16-10-17-13)15-9-14(20)6-4-2-3-5-7-14/h8,10,20H,2-7,9H2,1H3,(H,15,16,17). The number of fused-ring (bicyclic) bond motifs is 1. The van der Waals surface area contributed by atoms with Crippen LogP contribution in [0.1, 0.15) is 38.5 Å². The summed E-state index contributed by atoms with van der Waals surface area (Å²) in [5, 5.41) is 19.0. The number of aryl methyl sites for hydroxylation is 1. The molecule has 2 aromatic rings. The Morgan fingerprint density at radius 3 is 2.75 bits per heavy atom. The molecule has 0 saturated heterocycles. The first-order valence-electron chi connectivity index (χ1n) is 7.27. The average Bonchev–Trinajstić information content (AvgIpc) is 2.69. The highest BCUT2D eigenvalue weighted by molar-refractivity contribution is 5.85. The summed E-state index contributed by atoms with van der Waals surface area (Å²) < 4.78 is 1.72. The van der Waals surface area contributed by atoms with Crippen molar-refractivity contribution in [3.63, 3.8) is 0 Å². The molecular formula is C14H21N5O. The summed E-state index contributed by atoms with van der Waals surface area (Å²) >= 11 is 0. The number of anilines is 1. The zero-order chi connectivity index (χ0) is 14.0. The molecule has 0 spiro atoms. The fourth-order valence-electron chi connectivity index (χ4n) is 2.91. The molecule has 2 aromatic heterocycles. The van der Waals surface area contributed by atoms with Crippen molar-refractivity contribution in [3.05, 3.63) is 12.5 Å². The molecule has 2 heterocycles. The lowest BCUT2D eigenvalue weighted by Gasteiger charge is -2.27. The van der Waals surface area contributed by atoms with E-state index in [1.165, 1.54) is 19.2 Å². The van der Waals surface area contributed by atoms with Crippen LogP contribution >= 0.6 is 0 Å². The molecule has 0 unspecified atom stereocenters. The van der Waals surface area contributed by atoms with Gasteiger partial charge in [-0.05, 0) is 12.8 Å². The first-order valence-corrected chi connectivity index (χ1v) is 7.27. The van der Waals surface area contributed by atoms with Crippen LogP contribution in [-0.4, -0.2) is 37.0 Å². The van der Waals surface area contributed by atoms with Gasteiger partial charge in [0, 0.05) is 13.6 Å². The molecule has 1 saturated carbocycles. The van der Waals surface area contributed by atoms with Crippen molar-refractivity contribution >= 4 is 16.9 Å². The number of nitrogens with zero attached hydrogens (tertiary/aromatic N) is 4. The Kier molecular flexibility index (Phi) is 3.56. The van der Waals surface area contributed by atoms with Crippen LogP contribution in [-0.2, 0) is 7.05 Å².